The van der Waals surface area contributed by atoms with Crippen LogP contribution in [0.3, 0.4) is 0 Å². The highest BCUT2D eigenvalue weighted by molar-refractivity contribution is 5.94. The first-order valence-electron chi connectivity index (χ1n) is 9.51. The van der Waals surface area contributed by atoms with E-state index in [1.807, 2.05) is 37.3 Å². The van der Waals surface area contributed by atoms with E-state index in [1.54, 1.807) is 12.1 Å². The summed E-state index contributed by atoms with van der Waals surface area (Å²) in [5.74, 6) is 0.427. The average molecular weight is 363 g/mol. The number of fused-ring (bicyclic) bond motifs is 1. The van der Waals surface area contributed by atoms with Gasteiger partial charge in [-0.25, -0.2) is 0 Å². The molecule has 1 heterocycles. The minimum Gasteiger partial charge on any atom is -0.456 e. The number of aryl methyl sites for hydroxylation is 1. The fraction of sp³-hybridized carbons (Fsp3) is 0.304. The third-order valence-corrected chi connectivity index (χ3v) is 4.63. The van der Waals surface area contributed by atoms with E-state index in [-0.39, 0.29) is 11.3 Å². The maximum absolute atomic E-state index is 12.4. The summed E-state index contributed by atoms with van der Waals surface area (Å²) in [5, 5.41) is 3.52. The van der Waals surface area contributed by atoms with Crippen molar-refractivity contribution in [2.75, 3.05) is 6.54 Å². The molecular weight excluding hydrogens is 338 g/mol. The molecule has 3 aromatic rings. The van der Waals surface area contributed by atoms with E-state index >= 15 is 0 Å². The molecule has 3 rings (SSSR count). The molecule has 140 valence electrons. The van der Waals surface area contributed by atoms with Crippen LogP contribution in [0.4, 0.5) is 0 Å². The van der Waals surface area contributed by atoms with Crippen LogP contribution >= 0.6 is 0 Å². The van der Waals surface area contributed by atoms with Crippen molar-refractivity contribution in [3.8, 4) is 11.3 Å². The van der Waals surface area contributed by atoms with Gasteiger partial charge in [-0.15, -0.1) is 0 Å². The molecule has 1 amide bonds. The Kier molecular flexibility index (Phi) is 6.07. The maximum Gasteiger partial charge on any atom is 0.251 e. The predicted molar refractivity (Wildman–Crippen MR) is 109 cm³/mol. The topological polar surface area (TPSA) is 59.3 Å². The van der Waals surface area contributed by atoms with Gasteiger partial charge in [0.15, 0.2) is 5.43 Å². The minimum atomic E-state index is -0.0755. The summed E-state index contributed by atoms with van der Waals surface area (Å²) in [5.41, 5.74) is 2.90. The lowest BCUT2D eigenvalue weighted by molar-refractivity contribution is 0.0953. The summed E-state index contributed by atoms with van der Waals surface area (Å²) in [4.78, 5) is 24.6. The molecule has 0 atom stereocenters. The van der Waals surface area contributed by atoms with Crippen LogP contribution in [0.5, 0.6) is 0 Å². The monoisotopic (exact) mass is 363 g/mol. The highest BCUT2D eigenvalue weighted by atomic mass is 16.3. The molecule has 0 bridgehead atoms. The van der Waals surface area contributed by atoms with Gasteiger partial charge in [-0.2, -0.15) is 0 Å². The average Bonchev–Trinajstić information content (AvgIpc) is 2.68. The lowest BCUT2D eigenvalue weighted by atomic mass is 10.1. The van der Waals surface area contributed by atoms with E-state index in [9.17, 15) is 9.59 Å². The third kappa shape index (κ3) is 4.64. The van der Waals surface area contributed by atoms with Crippen molar-refractivity contribution in [1.82, 2.24) is 5.32 Å². The molecule has 0 spiro atoms. The van der Waals surface area contributed by atoms with Crippen LogP contribution in [0.2, 0.25) is 0 Å². The highest BCUT2D eigenvalue weighted by Crippen LogP contribution is 2.23. The van der Waals surface area contributed by atoms with E-state index in [1.165, 1.54) is 18.9 Å². The van der Waals surface area contributed by atoms with Crippen molar-refractivity contribution in [3.63, 3.8) is 0 Å². The second kappa shape index (κ2) is 8.67. The predicted octanol–water partition coefficient (Wildman–Crippen LogP) is 5.08. The van der Waals surface area contributed by atoms with Gasteiger partial charge in [0.1, 0.15) is 11.3 Å². The van der Waals surface area contributed by atoms with Crippen LogP contribution in [-0.4, -0.2) is 12.5 Å². The van der Waals surface area contributed by atoms with Gasteiger partial charge >= 0.3 is 0 Å². The van der Waals surface area contributed by atoms with Gasteiger partial charge in [-0.1, -0.05) is 49.9 Å². The number of benzene rings is 2. The lowest BCUT2D eigenvalue weighted by Crippen LogP contribution is -2.24. The summed E-state index contributed by atoms with van der Waals surface area (Å²) >= 11 is 0. The number of amides is 1. The van der Waals surface area contributed by atoms with Gasteiger partial charge in [-0.05, 0) is 37.6 Å². The Labute approximate surface area is 159 Å². The normalized spacial score (nSPS) is 10.9. The summed E-state index contributed by atoms with van der Waals surface area (Å²) < 4.78 is 5.89. The fourth-order valence-corrected chi connectivity index (χ4v) is 3.05. The molecule has 2 aromatic carbocycles. The van der Waals surface area contributed by atoms with Crippen LogP contribution in [0.25, 0.3) is 22.3 Å². The highest BCUT2D eigenvalue weighted by Gasteiger charge is 2.09. The van der Waals surface area contributed by atoms with Gasteiger partial charge in [-0.3, -0.25) is 9.59 Å². The molecule has 4 nitrogen and oxygen atoms in total. The van der Waals surface area contributed by atoms with E-state index in [2.05, 4.69) is 12.2 Å². The second-order valence-corrected chi connectivity index (χ2v) is 6.87. The molecule has 0 aliphatic heterocycles. The zero-order valence-corrected chi connectivity index (χ0v) is 15.9. The Hall–Kier alpha value is -2.88. The summed E-state index contributed by atoms with van der Waals surface area (Å²) in [7, 11) is 0. The third-order valence-electron chi connectivity index (χ3n) is 4.63. The van der Waals surface area contributed by atoms with Crippen LogP contribution < -0.4 is 10.7 Å². The van der Waals surface area contributed by atoms with Gasteiger partial charge in [0.05, 0.1) is 5.39 Å². The fourth-order valence-electron chi connectivity index (χ4n) is 3.05. The van der Waals surface area contributed by atoms with Crippen molar-refractivity contribution in [3.05, 3.63) is 69.9 Å². The standard InChI is InChI=1S/C23H25NO3/c1-3-4-5-6-13-24-23(26)18-10-8-17(9-11-18)22-15-20(25)19-14-16(2)7-12-21(19)27-22/h7-12,14-15H,3-6,13H2,1-2H3,(H,24,26). The largest absolute Gasteiger partial charge is 0.456 e. The van der Waals surface area contributed by atoms with Gasteiger partial charge in [0, 0.05) is 23.7 Å². The van der Waals surface area contributed by atoms with Crippen LogP contribution in [0.15, 0.2) is 57.7 Å². The van der Waals surface area contributed by atoms with Crippen LogP contribution in [-0.2, 0) is 0 Å². The Morgan fingerprint density at radius 1 is 1.00 bits per heavy atom. The molecular formula is C23H25NO3. The van der Waals surface area contributed by atoms with Crippen molar-refractivity contribution in [2.45, 2.75) is 39.5 Å². The second-order valence-electron chi connectivity index (χ2n) is 6.87. The number of carbonyl (C=O) groups excluding carboxylic acids is 1. The number of hydrogen-bond donors (Lipinski definition) is 1. The lowest BCUT2D eigenvalue weighted by Gasteiger charge is -2.07. The minimum absolute atomic E-state index is 0.0659. The Morgan fingerprint density at radius 2 is 1.78 bits per heavy atom. The zero-order chi connectivity index (χ0) is 19.2. The summed E-state index contributed by atoms with van der Waals surface area (Å²) in [6.07, 6.45) is 4.51. The van der Waals surface area contributed by atoms with Crippen LogP contribution in [0, 0.1) is 6.92 Å². The SMILES string of the molecule is CCCCCCNC(=O)c1ccc(-c2cc(=O)c3cc(C)ccc3o2)cc1. The molecule has 1 aromatic heterocycles. The number of rotatable bonds is 7. The first-order chi connectivity index (χ1) is 13.1. The van der Waals surface area contributed by atoms with E-state index < -0.39 is 0 Å². The van der Waals surface area contributed by atoms with E-state index in [0.29, 0.717) is 28.8 Å². The maximum atomic E-state index is 12.4. The first-order valence-corrected chi connectivity index (χ1v) is 9.51. The Balaban J connectivity index is 1.73. The summed E-state index contributed by atoms with van der Waals surface area (Å²) in [6.45, 7) is 4.80. The van der Waals surface area contributed by atoms with Crippen molar-refractivity contribution < 1.29 is 9.21 Å². The molecule has 0 aliphatic rings. The smallest absolute Gasteiger partial charge is 0.251 e. The van der Waals surface area contributed by atoms with Crippen molar-refractivity contribution in [1.29, 1.82) is 0 Å². The summed E-state index contributed by atoms with van der Waals surface area (Å²) in [6, 6.07) is 14.2. The molecule has 0 fully saturated rings. The van der Waals surface area contributed by atoms with Gasteiger partial charge in [0.2, 0.25) is 0 Å². The van der Waals surface area contributed by atoms with Gasteiger partial charge < -0.3 is 9.73 Å². The molecule has 0 saturated carbocycles. The van der Waals surface area contributed by atoms with E-state index in [0.717, 1.165) is 24.0 Å². The molecule has 4 heteroatoms. The van der Waals surface area contributed by atoms with Crippen molar-refractivity contribution in [2.24, 2.45) is 0 Å². The molecule has 0 aliphatic carbocycles. The molecule has 1 N–H and O–H groups in total. The van der Waals surface area contributed by atoms with Gasteiger partial charge in [0.25, 0.3) is 5.91 Å². The number of nitrogens with one attached hydrogen (secondary N) is 1. The molecule has 0 saturated heterocycles. The molecule has 27 heavy (non-hydrogen) atoms. The van der Waals surface area contributed by atoms with Crippen LogP contribution in [0.1, 0.15) is 48.5 Å². The number of hydrogen-bond acceptors (Lipinski definition) is 3. The number of unbranched alkanes of at least 4 members (excludes halogenated alkanes) is 3. The molecule has 0 unspecified atom stereocenters. The van der Waals surface area contributed by atoms with E-state index in [4.69, 9.17) is 4.42 Å². The Bertz CT molecular complexity index is 987. The zero-order valence-electron chi connectivity index (χ0n) is 15.9. The quantitative estimate of drug-likeness (QED) is 0.596. The number of carbonyl (C=O) groups is 1. The Morgan fingerprint density at radius 3 is 2.52 bits per heavy atom. The first kappa shape index (κ1) is 18.9. The molecule has 0 radical (unpaired) electrons. The van der Waals surface area contributed by atoms with Crippen molar-refractivity contribution >= 4 is 16.9 Å².